The third-order valence-corrected chi connectivity index (χ3v) is 2.61. The summed E-state index contributed by atoms with van der Waals surface area (Å²) in [6.07, 6.45) is 3.47. The van der Waals surface area contributed by atoms with Gasteiger partial charge in [-0.3, -0.25) is 4.79 Å². The summed E-state index contributed by atoms with van der Waals surface area (Å²) in [5.41, 5.74) is 0.992. The van der Waals surface area contributed by atoms with Crippen LogP contribution in [0.25, 0.3) is 0 Å². The molecule has 1 fully saturated rings. The van der Waals surface area contributed by atoms with E-state index in [-0.39, 0.29) is 5.82 Å². The fourth-order valence-electron chi connectivity index (χ4n) is 1.85. The fraction of sp³-hybridized carbons (Fsp3) is 0.500. The van der Waals surface area contributed by atoms with E-state index in [1.54, 1.807) is 6.20 Å². The number of hydrogen-bond acceptors (Lipinski definition) is 4. The molecular formula is C10H13N3O. The molecule has 2 rings (SSSR count). The summed E-state index contributed by atoms with van der Waals surface area (Å²) in [4.78, 5) is 20.8. The highest BCUT2D eigenvalue weighted by molar-refractivity contribution is 5.68. The molecule has 1 aromatic rings. The van der Waals surface area contributed by atoms with E-state index in [2.05, 4.69) is 21.9 Å². The van der Waals surface area contributed by atoms with Gasteiger partial charge in [-0.25, -0.2) is 9.97 Å². The minimum absolute atomic E-state index is 0.289. The number of likely N-dealkylation sites (N-methyl/N-ethyl adjacent to an activating group) is 1. The SMILES string of the molecule is CN1CCC(c2ccnc(C=O)n2)C1. The van der Waals surface area contributed by atoms with Crippen LogP contribution in [0.2, 0.25) is 0 Å². The van der Waals surface area contributed by atoms with Crippen LogP contribution in [0, 0.1) is 0 Å². The maximum Gasteiger partial charge on any atom is 0.192 e. The highest BCUT2D eigenvalue weighted by atomic mass is 16.1. The Bertz CT molecular complexity index is 340. The highest BCUT2D eigenvalue weighted by Gasteiger charge is 2.22. The molecule has 0 radical (unpaired) electrons. The van der Waals surface area contributed by atoms with E-state index in [4.69, 9.17) is 0 Å². The first kappa shape index (κ1) is 9.27. The minimum atomic E-state index is 0.289. The number of likely N-dealkylation sites (tertiary alicyclic amines) is 1. The van der Waals surface area contributed by atoms with Gasteiger partial charge >= 0.3 is 0 Å². The molecule has 0 aromatic carbocycles. The van der Waals surface area contributed by atoms with Crippen molar-refractivity contribution in [3.63, 3.8) is 0 Å². The fourth-order valence-corrected chi connectivity index (χ4v) is 1.85. The van der Waals surface area contributed by atoms with Gasteiger partial charge in [0, 0.05) is 24.4 Å². The van der Waals surface area contributed by atoms with Gasteiger partial charge in [0.2, 0.25) is 0 Å². The Hall–Kier alpha value is -1.29. The Kier molecular flexibility index (Phi) is 2.54. The van der Waals surface area contributed by atoms with Crippen molar-refractivity contribution in [1.29, 1.82) is 0 Å². The second-order valence-corrected chi connectivity index (χ2v) is 3.71. The number of aromatic nitrogens is 2. The molecule has 74 valence electrons. The number of carbonyl (C=O) groups excluding carboxylic acids is 1. The van der Waals surface area contributed by atoms with Gasteiger partial charge in [0.05, 0.1) is 0 Å². The molecule has 1 atom stereocenters. The average Bonchev–Trinajstić information content (AvgIpc) is 2.65. The van der Waals surface area contributed by atoms with Gasteiger partial charge in [0.15, 0.2) is 12.1 Å². The molecule has 1 unspecified atom stereocenters. The summed E-state index contributed by atoms with van der Waals surface area (Å²) in [6, 6.07) is 1.90. The lowest BCUT2D eigenvalue weighted by atomic mass is 10.1. The summed E-state index contributed by atoms with van der Waals surface area (Å²) in [5, 5.41) is 0. The van der Waals surface area contributed by atoms with Crippen LogP contribution >= 0.6 is 0 Å². The normalized spacial score (nSPS) is 22.5. The molecule has 14 heavy (non-hydrogen) atoms. The van der Waals surface area contributed by atoms with Crippen LogP contribution in [-0.4, -0.2) is 41.3 Å². The number of carbonyl (C=O) groups is 1. The molecule has 4 heteroatoms. The molecule has 0 spiro atoms. The smallest absolute Gasteiger partial charge is 0.192 e. The highest BCUT2D eigenvalue weighted by Crippen LogP contribution is 2.23. The van der Waals surface area contributed by atoms with Gasteiger partial charge in [-0.15, -0.1) is 0 Å². The predicted molar refractivity (Wildman–Crippen MR) is 52.3 cm³/mol. The third-order valence-electron chi connectivity index (χ3n) is 2.61. The van der Waals surface area contributed by atoms with Crippen LogP contribution in [0.1, 0.15) is 28.7 Å². The minimum Gasteiger partial charge on any atom is -0.306 e. The first-order valence-corrected chi connectivity index (χ1v) is 4.76. The van der Waals surface area contributed by atoms with E-state index in [9.17, 15) is 4.79 Å². The lowest BCUT2D eigenvalue weighted by Crippen LogP contribution is -2.14. The van der Waals surface area contributed by atoms with E-state index < -0.39 is 0 Å². The maximum absolute atomic E-state index is 10.5. The Morgan fingerprint density at radius 2 is 2.50 bits per heavy atom. The largest absolute Gasteiger partial charge is 0.306 e. The summed E-state index contributed by atoms with van der Waals surface area (Å²) >= 11 is 0. The number of nitrogens with zero attached hydrogens (tertiary/aromatic N) is 3. The van der Waals surface area contributed by atoms with Gasteiger partial charge < -0.3 is 4.90 Å². The van der Waals surface area contributed by atoms with Crippen molar-refractivity contribution in [3.05, 3.63) is 23.8 Å². The zero-order chi connectivity index (χ0) is 9.97. The monoisotopic (exact) mass is 191 g/mol. The quantitative estimate of drug-likeness (QED) is 0.646. The molecule has 0 amide bonds. The molecule has 4 nitrogen and oxygen atoms in total. The Labute approximate surface area is 83.0 Å². The molecule has 0 aliphatic carbocycles. The van der Waals surface area contributed by atoms with Gasteiger partial charge in [-0.2, -0.15) is 0 Å². The molecular weight excluding hydrogens is 178 g/mol. The van der Waals surface area contributed by atoms with Crippen LogP contribution in [0.15, 0.2) is 12.3 Å². The molecule has 0 bridgehead atoms. The van der Waals surface area contributed by atoms with Crippen molar-refractivity contribution in [2.75, 3.05) is 20.1 Å². The molecule has 0 saturated carbocycles. The van der Waals surface area contributed by atoms with E-state index >= 15 is 0 Å². The Balaban J connectivity index is 2.19. The Morgan fingerprint density at radius 3 is 3.14 bits per heavy atom. The molecule has 1 aliphatic rings. The van der Waals surface area contributed by atoms with E-state index in [0.717, 1.165) is 25.2 Å². The van der Waals surface area contributed by atoms with Crippen LogP contribution < -0.4 is 0 Å². The zero-order valence-electron chi connectivity index (χ0n) is 8.18. The molecule has 0 N–H and O–H groups in total. The zero-order valence-corrected chi connectivity index (χ0v) is 8.18. The summed E-state index contributed by atoms with van der Waals surface area (Å²) in [5.74, 6) is 0.749. The lowest BCUT2D eigenvalue weighted by Gasteiger charge is -2.09. The molecule has 1 aliphatic heterocycles. The molecule has 1 saturated heterocycles. The average molecular weight is 191 g/mol. The lowest BCUT2D eigenvalue weighted by molar-refractivity contribution is 0.111. The predicted octanol–water partition coefficient (Wildman–Crippen LogP) is 0.708. The van der Waals surface area contributed by atoms with E-state index in [1.165, 1.54) is 0 Å². The van der Waals surface area contributed by atoms with Crippen molar-refractivity contribution in [2.45, 2.75) is 12.3 Å². The van der Waals surface area contributed by atoms with E-state index in [0.29, 0.717) is 12.2 Å². The Morgan fingerprint density at radius 1 is 1.64 bits per heavy atom. The number of rotatable bonds is 2. The standard InChI is InChI=1S/C10H13N3O/c1-13-5-3-8(6-13)9-2-4-11-10(7-14)12-9/h2,4,7-8H,3,5-6H2,1H3. The second kappa shape index (κ2) is 3.84. The van der Waals surface area contributed by atoms with E-state index in [1.807, 2.05) is 6.07 Å². The molecule has 2 heterocycles. The van der Waals surface area contributed by atoms with Crippen molar-refractivity contribution >= 4 is 6.29 Å². The van der Waals surface area contributed by atoms with Gasteiger partial charge in [-0.1, -0.05) is 0 Å². The first-order valence-electron chi connectivity index (χ1n) is 4.76. The topological polar surface area (TPSA) is 46.1 Å². The van der Waals surface area contributed by atoms with Gasteiger partial charge in [-0.05, 0) is 26.1 Å². The van der Waals surface area contributed by atoms with Gasteiger partial charge in [0.1, 0.15) is 0 Å². The summed E-state index contributed by atoms with van der Waals surface area (Å²) in [6.45, 7) is 2.13. The summed E-state index contributed by atoms with van der Waals surface area (Å²) < 4.78 is 0. The first-order chi connectivity index (χ1) is 6.79. The van der Waals surface area contributed by atoms with Crippen LogP contribution in [-0.2, 0) is 0 Å². The van der Waals surface area contributed by atoms with Crippen molar-refractivity contribution < 1.29 is 4.79 Å². The van der Waals surface area contributed by atoms with Crippen molar-refractivity contribution in [3.8, 4) is 0 Å². The van der Waals surface area contributed by atoms with Crippen molar-refractivity contribution in [2.24, 2.45) is 0 Å². The van der Waals surface area contributed by atoms with Crippen molar-refractivity contribution in [1.82, 2.24) is 14.9 Å². The van der Waals surface area contributed by atoms with Crippen LogP contribution in [0.5, 0.6) is 0 Å². The summed E-state index contributed by atoms with van der Waals surface area (Å²) in [7, 11) is 2.10. The number of hydrogen-bond donors (Lipinski definition) is 0. The van der Waals surface area contributed by atoms with Gasteiger partial charge in [0.25, 0.3) is 0 Å². The van der Waals surface area contributed by atoms with Crippen LogP contribution in [0.4, 0.5) is 0 Å². The number of aldehydes is 1. The molecule has 1 aromatic heterocycles. The third kappa shape index (κ3) is 1.80. The second-order valence-electron chi connectivity index (χ2n) is 3.71. The maximum atomic E-state index is 10.5. The van der Waals surface area contributed by atoms with Crippen LogP contribution in [0.3, 0.4) is 0 Å².